The smallest absolute Gasteiger partial charge is 0.344 e. The molecule has 3 heterocycles. The molecule has 0 aliphatic heterocycles. The van der Waals surface area contributed by atoms with E-state index in [0.717, 1.165) is 33.4 Å². The molecule has 1 atom stereocenters. The zero-order valence-electron chi connectivity index (χ0n) is 16.7. The van der Waals surface area contributed by atoms with E-state index in [9.17, 15) is 18.0 Å². The van der Waals surface area contributed by atoms with E-state index in [1.54, 1.807) is 10.9 Å². The minimum Gasteiger partial charge on any atom is -0.344 e. The van der Waals surface area contributed by atoms with Crippen LogP contribution in [-0.4, -0.2) is 30.5 Å². The summed E-state index contributed by atoms with van der Waals surface area (Å²) in [4.78, 5) is 16.9. The van der Waals surface area contributed by atoms with E-state index in [1.165, 1.54) is 7.05 Å². The average molecular weight is 418 g/mol. The number of nitrogens with zero attached hydrogens (tertiary/aromatic N) is 5. The van der Waals surface area contributed by atoms with Crippen LogP contribution in [0.3, 0.4) is 0 Å². The van der Waals surface area contributed by atoms with Crippen LogP contribution in [0.5, 0.6) is 0 Å². The van der Waals surface area contributed by atoms with Gasteiger partial charge in [0.05, 0.1) is 17.4 Å². The number of aryl methyl sites for hydroxylation is 2. The number of alkyl halides is 3. The van der Waals surface area contributed by atoms with Crippen LogP contribution in [0, 0.1) is 0 Å². The van der Waals surface area contributed by atoms with Crippen molar-refractivity contribution in [2.45, 2.75) is 44.8 Å². The largest absolute Gasteiger partial charge is 0.435 e. The topological polar surface area (TPSA) is 77.6 Å². The first-order valence-electron chi connectivity index (χ1n) is 9.60. The highest BCUT2D eigenvalue weighted by atomic mass is 19.4. The molecule has 0 radical (unpaired) electrons. The molecule has 10 heteroatoms. The molecular weight excluding hydrogens is 397 g/mol. The summed E-state index contributed by atoms with van der Waals surface area (Å²) in [7, 11) is 1.32. The number of fused-ring (bicyclic) bond motifs is 1. The van der Waals surface area contributed by atoms with Gasteiger partial charge in [0.2, 0.25) is 0 Å². The standard InChI is InChI=1S/C20H21F3N6O/c1-11(2)16-8-12(6-7-24-16)29-10-13-14(4-5-15(13)26-29)25-19(30)17-9-18(20(21,22)23)27-28(17)3/h6-11,14H,4-5H2,1-3H3,(H,25,30)/t14-/m0/s1. The van der Waals surface area contributed by atoms with Gasteiger partial charge in [-0.15, -0.1) is 0 Å². The van der Waals surface area contributed by atoms with Crippen molar-refractivity contribution in [3.63, 3.8) is 0 Å². The van der Waals surface area contributed by atoms with Gasteiger partial charge in [-0.05, 0) is 30.9 Å². The SMILES string of the molecule is CC(C)c1cc(-n2cc3c(n2)CC[C@@H]3NC(=O)c2cc(C(F)(F)F)nn2C)ccn1. The molecule has 1 aliphatic carbocycles. The first-order valence-corrected chi connectivity index (χ1v) is 9.60. The molecule has 1 amide bonds. The Morgan fingerprint density at radius 2 is 2.03 bits per heavy atom. The van der Waals surface area contributed by atoms with Crippen LogP contribution in [0.1, 0.15) is 65.4 Å². The maximum atomic E-state index is 12.9. The normalized spacial score (nSPS) is 16.2. The van der Waals surface area contributed by atoms with Crippen molar-refractivity contribution in [1.29, 1.82) is 0 Å². The predicted molar refractivity (Wildman–Crippen MR) is 102 cm³/mol. The summed E-state index contributed by atoms with van der Waals surface area (Å²) in [6.45, 7) is 4.12. The highest BCUT2D eigenvalue weighted by Crippen LogP contribution is 2.32. The lowest BCUT2D eigenvalue weighted by molar-refractivity contribution is -0.141. The summed E-state index contributed by atoms with van der Waals surface area (Å²) < 4.78 is 41.3. The fraction of sp³-hybridized carbons (Fsp3) is 0.400. The van der Waals surface area contributed by atoms with E-state index in [0.29, 0.717) is 12.8 Å². The zero-order valence-corrected chi connectivity index (χ0v) is 16.7. The van der Waals surface area contributed by atoms with E-state index >= 15 is 0 Å². The summed E-state index contributed by atoms with van der Waals surface area (Å²) >= 11 is 0. The van der Waals surface area contributed by atoms with Gasteiger partial charge in [-0.25, -0.2) is 4.68 Å². The highest BCUT2D eigenvalue weighted by molar-refractivity contribution is 5.93. The first-order chi connectivity index (χ1) is 14.1. The van der Waals surface area contributed by atoms with E-state index in [2.05, 4.69) is 34.3 Å². The minimum absolute atomic E-state index is 0.140. The summed E-state index contributed by atoms with van der Waals surface area (Å²) in [6.07, 6.45) is 0.308. The molecule has 3 aromatic rings. The summed E-state index contributed by atoms with van der Waals surface area (Å²) in [6, 6.07) is 4.26. The van der Waals surface area contributed by atoms with Crippen molar-refractivity contribution >= 4 is 5.91 Å². The maximum Gasteiger partial charge on any atom is 0.435 e. The quantitative estimate of drug-likeness (QED) is 0.703. The Kier molecular flexibility index (Phi) is 4.87. The number of nitrogens with one attached hydrogen (secondary N) is 1. The molecule has 0 bridgehead atoms. The molecule has 0 spiro atoms. The Hall–Kier alpha value is -3.17. The predicted octanol–water partition coefficient (Wildman–Crippen LogP) is 3.56. The Labute approximate surface area is 170 Å². The molecule has 1 aliphatic rings. The molecule has 0 saturated carbocycles. The third-order valence-corrected chi connectivity index (χ3v) is 5.20. The monoisotopic (exact) mass is 418 g/mol. The maximum absolute atomic E-state index is 12.9. The van der Waals surface area contributed by atoms with Gasteiger partial charge in [0, 0.05) is 36.8 Å². The van der Waals surface area contributed by atoms with Crippen molar-refractivity contribution in [1.82, 2.24) is 29.9 Å². The molecule has 1 N–H and O–H groups in total. The van der Waals surface area contributed by atoms with Gasteiger partial charge in [-0.3, -0.25) is 14.5 Å². The Bertz CT molecular complexity index is 1100. The van der Waals surface area contributed by atoms with Crippen LogP contribution in [0.2, 0.25) is 0 Å². The van der Waals surface area contributed by atoms with Gasteiger partial charge in [-0.1, -0.05) is 13.8 Å². The number of carbonyl (C=O) groups excluding carboxylic acids is 1. The number of hydrogen-bond acceptors (Lipinski definition) is 4. The van der Waals surface area contributed by atoms with E-state index in [1.807, 2.05) is 18.3 Å². The van der Waals surface area contributed by atoms with Crippen LogP contribution in [0.25, 0.3) is 5.69 Å². The lowest BCUT2D eigenvalue weighted by Crippen LogP contribution is -2.28. The molecule has 30 heavy (non-hydrogen) atoms. The van der Waals surface area contributed by atoms with E-state index in [4.69, 9.17) is 0 Å². The van der Waals surface area contributed by atoms with Gasteiger partial charge >= 0.3 is 6.18 Å². The van der Waals surface area contributed by atoms with E-state index in [-0.39, 0.29) is 17.7 Å². The van der Waals surface area contributed by atoms with Crippen molar-refractivity contribution < 1.29 is 18.0 Å². The number of pyridine rings is 1. The molecule has 0 saturated heterocycles. The van der Waals surface area contributed by atoms with Crippen molar-refractivity contribution in [2.75, 3.05) is 0 Å². The van der Waals surface area contributed by atoms with Crippen molar-refractivity contribution in [3.05, 3.63) is 58.9 Å². The van der Waals surface area contributed by atoms with Gasteiger partial charge in [0.1, 0.15) is 5.69 Å². The Balaban J connectivity index is 1.55. The second-order valence-corrected chi connectivity index (χ2v) is 7.67. The number of hydrogen-bond donors (Lipinski definition) is 1. The summed E-state index contributed by atoms with van der Waals surface area (Å²) in [5.74, 6) is -0.322. The molecule has 3 aromatic heterocycles. The van der Waals surface area contributed by atoms with Gasteiger partial charge in [-0.2, -0.15) is 23.4 Å². The number of halogens is 3. The number of amides is 1. The van der Waals surface area contributed by atoms with Crippen molar-refractivity contribution in [2.24, 2.45) is 7.05 Å². The van der Waals surface area contributed by atoms with Crippen molar-refractivity contribution in [3.8, 4) is 5.69 Å². The molecule has 0 unspecified atom stereocenters. The number of carbonyl (C=O) groups is 1. The van der Waals surface area contributed by atoms with E-state index < -0.39 is 17.8 Å². The zero-order chi connectivity index (χ0) is 21.6. The van der Waals surface area contributed by atoms with Gasteiger partial charge in [0.25, 0.3) is 5.91 Å². The summed E-state index contributed by atoms with van der Waals surface area (Å²) in [5, 5.41) is 10.8. The fourth-order valence-electron chi connectivity index (χ4n) is 3.57. The van der Waals surface area contributed by atoms with Crippen LogP contribution in [0.15, 0.2) is 30.6 Å². The third-order valence-electron chi connectivity index (χ3n) is 5.20. The molecular formula is C20H21F3N6O. The van der Waals surface area contributed by atoms with Crippen LogP contribution < -0.4 is 5.32 Å². The molecule has 4 rings (SSSR count). The Morgan fingerprint density at radius 3 is 2.70 bits per heavy atom. The second-order valence-electron chi connectivity index (χ2n) is 7.67. The molecule has 158 valence electrons. The number of rotatable bonds is 4. The first kappa shape index (κ1) is 20.1. The third kappa shape index (κ3) is 3.69. The molecule has 0 aromatic carbocycles. The lowest BCUT2D eigenvalue weighted by atomic mass is 10.1. The molecule has 7 nitrogen and oxygen atoms in total. The Morgan fingerprint density at radius 1 is 1.27 bits per heavy atom. The highest BCUT2D eigenvalue weighted by Gasteiger charge is 2.36. The lowest BCUT2D eigenvalue weighted by Gasteiger charge is -2.13. The molecule has 0 fully saturated rings. The fourth-order valence-corrected chi connectivity index (χ4v) is 3.57. The van der Waals surface area contributed by atoms with Crippen LogP contribution in [0.4, 0.5) is 13.2 Å². The van der Waals surface area contributed by atoms with Crippen LogP contribution >= 0.6 is 0 Å². The van der Waals surface area contributed by atoms with Gasteiger partial charge in [0.15, 0.2) is 5.69 Å². The van der Waals surface area contributed by atoms with Crippen LogP contribution in [-0.2, 0) is 19.6 Å². The minimum atomic E-state index is -4.60. The number of aromatic nitrogens is 5. The van der Waals surface area contributed by atoms with Gasteiger partial charge < -0.3 is 5.32 Å². The average Bonchev–Trinajstić information content (AvgIpc) is 3.36. The second kappa shape index (κ2) is 7.26. The summed E-state index contributed by atoms with van der Waals surface area (Å²) in [5.41, 5.74) is 2.32.